The van der Waals surface area contributed by atoms with Crippen LogP contribution in [0.15, 0.2) is 42.5 Å². The van der Waals surface area contributed by atoms with Gasteiger partial charge in [0.15, 0.2) is 0 Å². The van der Waals surface area contributed by atoms with Crippen LogP contribution in [-0.2, 0) is 17.6 Å². The number of fused-ring (bicyclic) bond motifs is 3. The highest BCUT2D eigenvalue weighted by Gasteiger charge is 2.32. The minimum absolute atomic E-state index is 0.112. The number of nitrogens with one attached hydrogen (secondary N) is 1. The summed E-state index contributed by atoms with van der Waals surface area (Å²) >= 11 is 0. The Hall–Kier alpha value is -2.86. The van der Waals surface area contributed by atoms with Gasteiger partial charge in [0.2, 0.25) is 0 Å². The third-order valence-corrected chi connectivity index (χ3v) is 7.53. The predicted molar refractivity (Wildman–Crippen MR) is 132 cm³/mol. The smallest absolute Gasteiger partial charge is 0.414 e. The van der Waals surface area contributed by atoms with Gasteiger partial charge in [-0.05, 0) is 76.2 Å². The number of imidazole rings is 1. The molecule has 174 valence electrons. The third kappa shape index (κ3) is 4.01. The lowest BCUT2D eigenvalue weighted by Gasteiger charge is -2.34. The second-order valence-electron chi connectivity index (χ2n) is 9.57. The van der Waals surface area contributed by atoms with Gasteiger partial charge in [-0.2, -0.15) is 0 Å². The number of methoxy groups -OCH3 is 1. The summed E-state index contributed by atoms with van der Waals surface area (Å²) in [6.07, 6.45) is 4.78. The van der Waals surface area contributed by atoms with E-state index < -0.39 is 0 Å². The normalized spacial score (nSPS) is 21.6. The molecule has 5 rings (SSSR count). The predicted octanol–water partition coefficient (Wildman–Crippen LogP) is 5.10. The van der Waals surface area contributed by atoms with Crippen LogP contribution in [0.2, 0.25) is 0 Å². The zero-order chi connectivity index (χ0) is 22.9. The average Bonchev–Trinajstić information content (AvgIpc) is 3.22. The molecule has 0 bridgehead atoms. The number of benzene rings is 2. The number of anilines is 1. The molecule has 0 spiro atoms. The van der Waals surface area contributed by atoms with E-state index in [2.05, 4.69) is 66.2 Å². The Morgan fingerprint density at radius 1 is 1.21 bits per heavy atom. The molecule has 3 atom stereocenters. The van der Waals surface area contributed by atoms with E-state index in [0.717, 1.165) is 54.9 Å². The van der Waals surface area contributed by atoms with Gasteiger partial charge < -0.3 is 14.6 Å². The Labute approximate surface area is 195 Å². The van der Waals surface area contributed by atoms with Gasteiger partial charge >= 0.3 is 6.09 Å². The summed E-state index contributed by atoms with van der Waals surface area (Å²) in [5.74, 6) is 1.68. The number of amides is 1. The van der Waals surface area contributed by atoms with Crippen molar-refractivity contribution in [3.8, 4) is 0 Å². The molecule has 2 aliphatic heterocycles. The van der Waals surface area contributed by atoms with Gasteiger partial charge in [-0.25, -0.2) is 9.78 Å². The van der Waals surface area contributed by atoms with Crippen LogP contribution in [0.25, 0.3) is 11.0 Å². The molecule has 0 aliphatic carbocycles. The number of hydrogen-bond acceptors (Lipinski definition) is 4. The van der Waals surface area contributed by atoms with Crippen LogP contribution in [0.3, 0.4) is 0 Å². The van der Waals surface area contributed by atoms with Gasteiger partial charge in [0.25, 0.3) is 0 Å². The number of nitrogens with zero attached hydrogens (tertiary/aromatic N) is 3. The summed E-state index contributed by atoms with van der Waals surface area (Å²) in [7, 11) is 1.45. The third-order valence-electron chi connectivity index (χ3n) is 7.53. The maximum absolute atomic E-state index is 12.6. The fraction of sp³-hybridized carbons (Fsp3) is 0.481. The quantitative estimate of drug-likeness (QED) is 0.606. The first-order valence-electron chi connectivity index (χ1n) is 12.2. The molecular weight excluding hydrogens is 412 g/mol. The van der Waals surface area contributed by atoms with Crippen LogP contribution in [-0.4, -0.2) is 41.9 Å². The number of ether oxygens (including phenoxy) is 1. The lowest BCUT2D eigenvalue weighted by Crippen LogP contribution is -2.42. The zero-order valence-electron chi connectivity index (χ0n) is 19.9. The van der Waals surface area contributed by atoms with E-state index in [4.69, 9.17) is 9.72 Å². The number of hydrogen-bond donors (Lipinski definition) is 1. The van der Waals surface area contributed by atoms with Crippen LogP contribution in [0.4, 0.5) is 10.5 Å². The molecule has 33 heavy (non-hydrogen) atoms. The van der Waals surface area contributed by atoms with Gasteiger partial charge in [-0.15, -0.1) is 0 Å². The Morgan fingerprint density at radius 3 is 2.76 bits per heavy atom. The molecule has 1 fully saturated rings. The molecule has 1 unspecified atom stereocenters. The van der Waals surface area contributed by atoms with E-state index in [0.29, 0.717) is 12.0 Å². The van der Waals surface area contributed by atoms with E-state index in [1.165, 1.54) is 31.0 Å². The number of aryl methyl sites for hydroxylation is 1. The SMILES string of the molecule is COC(=O)N1c2ccc3c(nc(Cc4ccccc4)n3[C@@H](C)C3CCCNC3)c2CC[C@H]1C. The monoisotopic (exact) mass is 446 g/mol. The van der Waals surface area contributed by atoms with Crippen molar-refractivity contribution < 1.29 is 9.53 Å². The Balaban J connectivity index is 1.65. The molecule has 2 aliphatic rings. The molecule has 6 heteroatoms. The van der Waals surface area contributed by atoms with Crippen molar-refractivity contribution in [1.29, 1.82) is 0 Å². The standard InChI is InChI=1S/C27H34N4O2/c1-18-11-12-22-23(30(18)27(32)33-3)13-14-24-26(22)29-25(16-20-8-5-4-6-9-20)31(24)19(2)21-10-7-15-28-17-21/h4-6,8-9,13-14,18-19,21,28H,7,10-12,15-17H2,1-3H3/t18-,19+,21?/m1/s1. The molecule has 1 saturated heterocycles. The number of piperidine rings is 1. The fourth-order valence-electron chi connectivity index (χ4n) is 5.68. The summed E-state index contributed by atoms with van der Waals surface area (Å²) in [6.45, 7) is 6.58. The van der Waals surface area contributed by atoms with E-state index in [1.54, 1.807) is 4.90 Å². The van der Waals surface area contributed by atoms with Crippen molar-refractivity contribution in [2.75, 3.05) is 25.1 Å². The van der Waals surface area contributed by atoms with Crippen LogP contribution >= 0.6 is 0 Å². The zero-order valence-corrected chi connectivity index (χ0v) is 19.9. The van der Waals surface area contributed by atoms with Crippen LogP contribution in [0, 0.1) is 5.92 Å². The van der Waals surface area contributed by atoms with Crippen LogP contribution in [0.5, 0.6) is 0 Å². The van der Waals surface area contributed by atoms with Crippen LogP contribution in [0.1, 0.15) is 56.1 Å². The van der Waals surface area contributed by atoms with Crippen molar-refractivity contribution in [3.63, 3.8) is 0 Å². The molecule has 3 aromatic rings. The molecule has 2 aromatic carbocycles. The molecule has 1 aromatic heterocycles. The lowest BCUT2D eigenvalue weighted by atomic mass is 9.92. The highest BCUT2D eigenvalue weighted by atomic mass is 16.5. The fourth-order valence-corrected chi connectivity index (χ4v) is 5.68. The van der Waals surface area contributed by atoms with Crippen molar-refractivity contribution in [3.05, 3.63) is 59.4 Å². The molecular formula is C27H34N4O2. The van der Waals surface area contributed by atoms with Crippen LogP contribution < -0.4 is 10.2 Å². The molecule has 1 N–H and O–H groups in total. The minimum Gasteiger partial charge on any atom is -0.452 e. The second kappa shape index (κ2) is 9.18. The highest BCUT2D eigenvalue weighted by molar-refractivity contribution is 5.95. The van der Waals surface area contributed by atoms with Crippen molar-refractivity contribution in [2.45, 2.75) is 58.0 Å². The number of rotatable bonds is 4. The van der Waals surface area contributed by atoms with E-state index >= 15 is 0 Å². The van der Waals surface area contributed by atoms with E-state index in [9.17, 15) is 4.79 Å². The largest absolute Gasteiger partial charge is 0.452 e. The maximum Gasteiger partial charge on any atom is 0.414 e. The summed E-state index contributed by atoms with van der Waals surface area (Å²) in [5.41, 5.74) is 5.59. The number of carbonyl (C=O) groups excluding carboxylic acids is 1. The van der Waals surface area contributed by atoms with Crippen molar-refractivity contribution in [1.82, 2.24) is 14.9 Å². The molecule has 1 amide bonds. The topological polar surface area (TPSA) is 59.4 Å². The number of aromatic nitrogens is 2. The molecule has 6 nitrogen and oxygen atoms in total. The van der Waals surface area contributed by atoms with E-state index in [-0.39, 0.29) is 12.1 Å². The molecule has 0 saturated carbocycles. The van der Waals surface area contributed by atoms with Gasteiger partial charge in [0.05, 0.1) is 23.8 Å². The first kappa shape index (κ1) is 22.0. The van der Waals surface area contributed by atoms with Crippen molar-refractivity contribution >= 4 is 22.8 Å². The first-order chi connectivity index (χ1) is 16.1. The summed E-state index contributed by atoms with van der Waals surface area (Å²) < 4.78 is 7.58. The van der Waals surface area contributed by atoms with Crippen molar-refractivity contribution in [2.24, 2.45) is 5.92 Å². The Bertz CT molecular complexity index is 1130. The van der Waals surface area contributed by atoms with Gasteiger partial charge in [-0.1, -0.05) is 30.3 Å². The molecule has 0 radical (unpaired) electrons. The van der Waals surface area contributed by atoms with Gasteiger partial charge in [0, 0.05) is 24.1 Å². The first-order valence-corrected chi connectivity index (χ1v) is 12.2. The number of carbonyl (C=O) groups is 1. The van der Waals surface area contributed by atoms with Gasteiger partial charge in [0.1, 0.15) is 5.82 Å². The average molecular weight is 447 g/mol. The minimum atomic E-state index is -0.298. The van der Waals surface area contributed by atoms with E-state index in [1.807, 2.05) is 0 Å². The Morgan fingerprint density at radius 2 is 2.03 bits per heavy atom. The molecule has 3 heterocycles. The summed E-state index contributed by atoms with van der Waals surface area (Å²) in [4.78, 5) is 19.6. The lowest BCUT2D eigenvalue weighted by molar-refractivity contribution is 0.175. The van der Waals surface area contributed by atoms with Gasteiger partial charge in [-0.3, -0.25) is 4.90 Å². The second-order valence-corrected chi connectivity index (χ2v) is 9.57. The summed E-state index contributed by atoms with van der Waals surface area (Å²) in [5, 5.41) is 3.58. The summed E-state index contributed by atoms with van der Waals surface area (Å²) in [6, 6.07) is 15.3. The maximum atomic E-state index is 12.6. The highest BCUT2D eigenvalue weighted by Crippen LogP contribution is 2.39. The Kier molecular flexibility index (Phi) is 6.11.